The lowest BCUT2D eigenvalue weighted by atomic mass is 10.1. The van der Waals surface area contributed by atoms with Gasteiger partial charge in [-0.15, -0.1) is 0 Å². The number of nitrogens with two attached hydrogens (primary N) is 1. The second kappa shape index (κ2) is 5.19. The van der Waals surface area contributed by atoms with Crippen molar-refractivity contribution in [3.8, 4) is 0 Å². The van der Waals surface area contributed by atoms with Crippen LogP contribution >= 0.6 is 0 Å². The summed E-state index contributed by atoms with van der Waals surface area (Å²) in [4.78, 5) is 13.6. The van der Waals surface area contributed by atoms with Crippen molar-refractivity contribution in [3.63, 3.8) is 0 Å². The van der Waals surface area contributed by atoms with Gasteiger partial charge in [0.25, 0.3) is 0 Å². The van der Waals surface area contributed by atoms with Crippen LogP contribution in [0.5, 0.6) is 0 Å². The normalized spacial score (nSPS) is 12.4. The Kier molecular flexibility index (Phi) is 3.63. The van der Waals surface area contributed by atoms with Gasteiger partial charge in [0.2, 0.25) is 5.91 Å². The summed E-state index contributed by atoms with van der Waals surface area (Å²) in [6, 6.07) is 14.0. The SMILES string of the molecule is CC(N)CC(=O)N(C)c1ccc2ccccc2c1. The highest BCUT2D eigenvalue weighted by atomic mass is 16.2. The molecule has 2 aromatic rings. The molecule has 0 aliphatic rings. The van der Waals surface area contributed by atoms with Crippen molar-refractivity contribution < 1.29 is 4.79 Å². The van der Waals surface area contributed by atoms with Gasteiger partial charge >= 0.3 is 0 Å². The van der Waals surface area contributed by atoms with Crippen LogP contribution < -0.4 is 10.6 Å². The lowest BCUT2D eigenvalue weighted by Crippen LogP contribution is -2.31. The molecule has 0 saturated carbocycles. The Morgan fingerprint density at radius 1 is 1.22 bits per heavy atom. The number of fused-ring (bicyclic) bond motifs is 1. The first kappa shape index (κ1) is 12.6. The molecule has 0 aromatic heterocycles. The van der Waals surface area contributed by atoms with Gasteiger partial charge in [0.05, 0.1) is 0 Å². The number of benzene rings is 2. The zero-order valence-electron chi connectivity index (χ0n) is 10.8. The molecule has 2 aromatic carbocycles. The highest BCUT2D eigenvalue weighted by Gasteiger charge is 2.12. The van der Waals surface area contributed by atoms with E-state index < -0.39 is 0 Å². The molecule has 0 aliphatic carbocycles. The Bertz CT molecular complexity index is 563. The van der Waals surface area contributed by atoms with E-state index in [1.807, 2.05) is 43.3 Å². The van der Waals surface area contributed by atoms with Gasteiger partial charge in [-0.2, -0.15) is 0 Å². The standard InChI is InChI=1S/C15H18N2O/c1-11(16)9-15(18)17(2)14-8-7-12-5-3-4-6-13(12)10-14/h3-8,10-11H,9,16H2,1-2H3. The van der Waals surface area contributed by atoms with Crippen LogP contribution in [0.15, 0.2) is 42.5 Å². The molecule has 94 valence electrons. The summed E-state index contributed by atoms with van der Waals surface area (Å²) in [6.07, 6.45) is 0.364. The molecule has 0 bridgehead atoms. The highest BCUT2D eigenvalue weighted by Crippen LogP contribution is 2.21. The van der Waals surface area contributed by atoms with E-state index in [-0.39, 0.29) is 11.9 Å². The van der Waals surface area contributed by atoms with Crippen molar-refractivity contribution in [2.75, 3.05) is 11.9 Å². The third-order valence-electron chi connectivity index (χ3n) is 2.99. The largest absolute Gasteiger partial charge is 0.327 e. The van der Waals surface area contributed by atoms with E-state index in [0.29, 0.717) is 6.42 Å². The number of nitrogens with zero attached hydrogens (tertiary/aromatic N) is 1. The topological polar surface area (TPSA) is 46.3 Å². The minimum atomic E-state index is -0.111. The van der Waals surface area contributed by atoms with E-state index in [1.165, 1.54) is 5.39 Å². The molecule has 0 radical (unpaired) electrons. The van der Waals surface area contributed by atoms with E-state index >= 15 is 0 Å². The van der Waals surface area contributed by atoms with Crippen LogP contribution in [0.1, 0.15) is 13.3 Å². The second-order valence-electron chi connectivity index (χ2n) is 4.67. The molecule has 2 N–H and O–H groups in total. The predicted octanol–water partition coefficient (Wildman–Crippen LogP) is 2.54. The molecule has 0 spiro atoms. The van der Waals surface area contributed by atoms with Gasteiger partial charge in [-0.25, -0.2) is 0 Å². The van der Waals surface area contributed by atoms with Gasteiger partial charge in [0.1, 0.15) is 0 Å². The fraction of sp³-hybridized carbons (Fsp3) is 0.267. The minimum Gasteiger partial charge on any atom is -0.327 e. The molecule has 0 heterocycles. The number of hydrogen-bond acceptors (Lipinski definition) is 2. The zero-order valence-corrected chi connectivity index (χ0v) is 10.8. The summed E-state index contributed by atoms with van der Waals surface area (Å²) in [6.45, 7) is 1.84. The van der Waals surface area contributed by atoms with Gasteiger partial charge in [0.15, 0.2) is 0 Å². The molecule has 2 rings (SSSR count). The molecule has 0 fully saturated rings. The number of amides is 1. The fourth-order valence-electron chi connectivity index (χ4n) is 1.94. The van der Waals surface area contributed by atoms with E-state index in [2.05, 4.69) is 6.07 Å². The number of anilines is 1. The number of rotatable bonds is 3. The minimum absolute atomic E-state index is 0.0419. The molecular formula is C15H18N2O. The Morgan fingerprint density at radius 2 is 1.89 bits per heavy atom. The van der Waals surface area contributed by atoms with Crippen molar-refractivity contribution in [2.45, 2.75) is 19.4 Å². The van der Waals surface area contributed by atoms with Crippen LogP contribution in [0.3, 0.4) is 0 Å². The number of carbonyl (C=O) groups excluding carboxylic acids is 1. The smallest absolute Gasteiger partial charge is 0.228 e. The van der Waals surface area contributed by atoms with Crippen molar-refractivity contribution in [3.05, 3.63) is 42.5 Å². The first-order valence-corrected chi connectivity index (χ1v) is 6.09. The molecule has 3 heteroatoms. The summed E-state index contributed by atoms with van der Waals surface area (Å²) >= 11 is 0. The molecule has 18 heavy (non-hydrogen) atoms. The predicted molar refractivity (Wildman–Crippen MR) is 75.6 cm³/mol. The van der Waals surface area contributed by atoms with Crippen molar-refractivity contribution >= 4 is 22.4 Å². The average molecular weight is 242 g/mol. The van der Waals surface area contributed by atoms with Gasteiger partial charge in [0, 0.05) is 25.2 Å². The summed E-state index contributed by atoms with van der Waals surface area (Å²) in [7, 11) is 1.79. The highest BCUT2D eigenvalue weighted by molar-refractivity contribution is 5.96. The van der Waals surface area contributed by atoms with E-state index in [4.69, 9.17) is 5.73 Å². The summed E-state index contributed by atoms with van der Waals surface area (Å²) in [5.74, 6) is 0.0419. The Hall–Kier alpha value is -1.87. The van der Waals surface area contributed by atoms with Gasteiger partial charge in [-0.3, -0.25) is 4.79 Å². The lowest BCUT2D eigenvalue weighted by Gasteiger charge is -2.19. The maximum absolute atomic E-state index is 11.9. The van der Waals surface area contributed by atoms with Crippen LogP contribution in [0.4, 0.5) is 5.69 Å². The third-order valence-corrected chi connectivity index (χ3v) is 2.99. The van der Waals surface area contributed by atoms with Crippen LogP contribution in [0.25, 0.3) is 10.8 Å². The van der Waals surface area contributed by atoms with Gasteiger partial charge in [-0.1, -0.05) is 30.3 Å². The Morgan fingerprint density at radius 3 is 2.56 bits per heavy atom. The molecule has 3 nitrogen and oxygen atoms in total. The maximum Gasteiger partial charge on any atom is 0.228 e. The number of hydrogen-bond donors (Lipinski definition) is 1. The molecule has 0 saturated heterocycles. The first-order valence-electron chi connectivity index (χ1n) is 6.09. The molecule has 1 amide bonds. The van der Waals surface area contributed by atoms with Gasteiger partial charge in [-0.05, 0) is 29.8 Å². The second-order valence-corrected chi connectivity index (χ2v) is 4.67. The number of carbonyl (C=O) groups is 1. The van der Waals surface area contributed by atoms with Crippen LogP contribution in [0, 0.1) is 0 Å². The fourth-order valence-corrected chi connectivity index (χ4v) is 1.94. The van der Waals surface area contributed by atoms with E-state index in [1.54, 1.807) is 11.9 Å². The Labute approximate surface area is 107 Å². The van der Waals surface area contributed by atoms with Crippen molar-refractivity contribution in [1.29, 1.82) is 0 Å². The average Bonchev–Trinajstić information content (AvgIpc) is 2.36. The van der Waals surface area contributed by atoms with Crippen LogP contribution in [-0.2, 0) is 4.79 Å². The quantitative estimate of drug-likeness (QED) is 0.899. The summed E-state index contributed by atoms with van der Waals surface area (Å²) in [5, 5.41) is 2.31. The molecular weight excluding hydrogens is 224 g/mol. The molecule has 1 unspecified atom stereocenters. The molecule has 1 atom stereocenters. The van der Waals surface area contributed by atoms with Crippen LogP contribution in [-0.4, -0.2) is 19.0 Å². The van der Waals surface area contributed by atoms with Crippen molar-refractivity contribution in [1.82, 2.24) is 0 Å². The van der Waals surface area contributed by atoms with E-state index in [9.17, 15) is 4.79 Å². The maximum atomic E-state index is 11.9. The monoisotopic (exact) mass is 242 g/mol. The summed E-state index contributed by atoms with van der Waals surface area (Å²) in [5.41, 5.74) is 6.55. The van der Waals surface area contributed by atoms with Gasteiger partial charge < -0.3 is 10.6 Å². The Balaban J connectivity index is 2.27. The lowest BCUT2D eigenvalue weighted by molar-refractivity contribution is -0.118. The summed E-state index contributed by atoms with van der Waals surface area (Å²) < 4.78 is 0. The zero-order chi connectivity index (χ0) is 13.1. The first-order chi connectivity index (χ1) is 8.58. The van der Waals surface area contributed by atoms with Crippen LogP contribution in [0.2, 0.25) is 0 Å². The van der Waals surface area contributed by atoms with E-state index in [0.717, 1.165) is 11.1 Å². The third kappa shape index (κ3) is 2.68. The van der Waals surface area contributed by atoms with Crippen molar-refractivity contribution in [2.24, 2.45) is 5.73 Å². The molecule has 0 aliphatic heterocycles.